The molecule has 0 aromatic heterocycles. The fraction of sp³-hybridized carbons (Fsp3) is 0.333. The molecule has 2 N–H and O–H groups in total. The van der Waals surface area contributed by atoms with Crippen LogP contribution in [0.4, 0.5) is 0 Å². The molecule has 1 unspecified atom stereocenters. The quantitative estimate of drug-likeness (QED) is 0.819. The molecule has 0 saturated heterocycles. The van der Waals surface area contributed by atoms with Gasteiger partial charge in [0.15, 0.2) is 0 Å². The van der Waals surface area contributed by atoms with Crippen molar-refractivity contribution < 1.29 is 9.59 Å². The fourth-order valence-corrected chi connectivity index (χ4v) is 3.42. The van der Waals surface area contributed by atoms with Crippen molar-refractivity contribution in [2.45, 2.75) is 46.8 Å². The van der Waals surface area contributed by atoms with Gasteiger partial charge in [0.2, 0.25) is 5.91 Å². The van der Waals surface area contributed by atoms with Gasteiger partial charge < -0.3 is 10.6 Å². The zero-order chi connectivity index (χ0) is 21.0. The molecule has 5 heteroatoms. The average molecular weight is 392 g/mol. The summed E-state index contributed by atoms with van der Waals surface area (Å²) in [6.45, 7) is 8.74. The number of carbonyl (C=O) groups excluding carboxylic acids is 2. The van der Waals surface area contributed by atoms with Crippen LogP contribution >= 0.6 is 0 Å². The van der Waals surface area contributed by atoms with Crippen molar-refractivity contribution in [2.24, 2.45) is 5.41 Å². The van der Waals surface area contributed by atoms with Gasteiger partial charge in [-0.05, 0) is 18.1 Å². The average Bonchev–Trinajstić information content (AvgIpc) is 2.70. The van der Waals surface area contributed by atoms with E-state index in [0.29, 0.717) is 18.8 Å². The normalized spacial score (nSPS) is 17.2. The molecule has 0 bridgehead atoms. The third-order valence-corrected chi connectivity index (χ3v) is 4.95. The molecule has 0 radical (unpaired) electrons. The van der Waals surface area contributed by atoms with E-state index >= 15 is 0 Å². The Bertz CT molecular complexity index is 899. The van der Waals surface area contributed by atoms with Crippen molar-refractivity contribution in [3.63, 3.8) is 0 Å². The molecule has 0 saturated carbocycles. The van der Waals surface area contributed by atoms with Crippen LogP contribution in [0.2, 0.25) is 0 Å². The van der Waals surface area contributed by atoms with Crippen LogP contribution in [0.25, 0.3) is 0 Å². The van der Waals surface area contributed by atoms with Gasteiger partial charge in [0.25, 0.3) is 5.91 Å². The van der Waals surface area contributed by atoms with Crippen LogP contribution in [0.3, 0.4) is 0 Å². The predicted octanol–water partition coefficient (Wildman–Crippen LogP) is 3.58. The minimum Gasteiger partial charge on any atom is -0.375 e. The van der Waals surface area contributed by atoms with E-state index in [1.807, 2.05) is 88.4 Å². The Morgan fingerprint density at radius 1 is 1.00 bits per heavy atom. The molecule has 1 aliphatic heterocycles. The van der Waals surface area contributed by atoms with Gasteiger partial charge in [-0.3, -0.25) is 14.5 Å². The number of nitrogens with one attached hydrogen (secondary N) is 2. The van der Waals surface area contributed by atoms with Crippen LogP contribution in [0.15, 0.2) is 72.1 Å². The zero-order valence-corrected chi connectivity index (χ0v) is 17.5. The maximum Gasteiger partial charge on any atom is 0.270 e. The molecule has 5 nitrogen and oxygen atoms in total. The summed E-state index contributed by atoms with van der Waals surface area (Å²) < 4.78 is 0. The smallest absolute Gasteiger partial charge is 0.270 e. The minimum atomic E-state index is -0.390. The van der Waals surface area contributed by atoms with E-state index in [1.54, 1.807) is 4.90 Å². The lowest BCUT2D eigenvalue weighted by Crippen LogP contribution is -2.54. The first-order valence-electron chi connectivity index (χ1n) is 9.96. The van der Waals surface area contributed by atoms with Crippen molar-refractivity contribution >= 4 is 11.8 Å². The second-order valence-electron chi connectivity index (χ2n) is 8.42. The maximum atomic E-state index is 13.3. The summed E-state index contributed by atoms with van der Waals surface area (Å²) in [7, 11) is 0. The fourth-order valence-electron chi connectivity index (χ4n) is 3.42. The van der Waals surface area contributed by atoms with Gasteiger partial charge in [-0.2, -0.15) is 0 Å². The monoisotopic (exact) mass is 391 g/mol. The number of rotatable bonds is 5. The summed E-state index contributed by atoms with van der Waals surface area (Å²) in [5, 5.41) is 6.27. The summed E-state index contributed by atoms with van der Waals surface area (Å²) in [4.78, 5) is 27.9. The van der Waals surface area contributed by atoms with Crippen molar-refractivity contribution in [2.75, 3.05) is 0 Å². The van der Waals surface area contributed by atoms with Crippen molar-refractivity contribution in [1.82, 2.24) is 15.5 Å². The summed E-state index contributed by atoms with van der Waals surface area (Å²) in [6.07, 6.45) is 0. The number of hydrogen-bond acceptors (Lipinski definition) is 3. The number of amides is 2. The molecule has 0 spiro atoms. The van der Waals surface area contributed by atoms with Crippen LogP contribution in [0, 0.1) is 5.41 Å². The third-order valence-electron chi connectivity index (χ3n) is 4.95. The largest absolute Gasteiger partial charge is 0.375 e. The Hall–Kier alpha value is -3.08. The highest BCUT2D eigenvalue weighted by molar-refractivity contribution is 6.00. The molecular formula is C24H29N3O2. The first kappa shape index (κ1) is 20.6. The van der Waals surface area contributed by atoms with E-state index in [9.17, 15) is 9.59 Å². The van der Waals surface area contributed by atoms with E-state index in [4.69, 9.17) is 0 Å². The minimum absolute atomic E-state index is 0.105. The first-order chi connectivity index (χ1) is 13.8. The molecule has 1 aliphatic rings. The number of hydrogen-bond donors (Lipinski definition) is 2. The molecule has 29 heavy (non-hydrogen) atoms. The highest BCUT2D eigenvalue weighted by Crippen LogP contribution is 2.32. The molecular weight excluding hydrogens is 362 g/mol. The molecule has 2 aromatic carbocycles. The molecule has 0 aliphatic carbocycles. The summed E-state index contributed by atoms with van der Waals surface area (Å²) >= 11 is 0. The summed E-state index contributed by atoms with van der Waals surface area (Å²) in [5.74, 6) is -0.353. The molecule has 3 rings (SSSR count). The third kappa shape index (κ3) is 4.86. The van der Waals surface area contributed by atoms with E-state index in [-0.39, 0.29) is 17.2 Å². The Morgan fingerprint density at radius 2 is 1.55 bits per heavy atom. The lowest BCUT2D eigenvalue weighted by molar-refractivity contribution is -0.136. The van der Waals surface area contributed by atoms with Crippen molar-refractivity contribution in [3.8, 4) is 0 Å². The van der Waals surface area contributed by atoms with Crippen molar-refractivity contribution in [1.29, 1.82) is 0 Å². The van der Waals surface area contributed by atoms with Gasteiger partial charge in [0.1, 0.15) is 11.7 Å². The van der Waals surface area contributed by atoms with Crippen LogP contribution in [-0.4, -0.2) is 22.8 Å². The van der Waals surface area contributed by atoms with E-state index < -0.39 is 6.04 Å². The van der Waals surface area contributed by atoms with Crippen LogP contribution in [-0.2, 0) is 22.7 Å². The van der Waals surface area contributed by atoms with E-state index in [1.165, 1.54) is 0 Å². The maximum absolute atomic E-state index is 13.3. The first-order valence-corrected chi connectivity index (χ1v) is 9.96. The molecule has 0 fully saturated rings. The Balaban J connectivity index is 1.96. The topological polar surface area (TPSA) is 61.4 Å². The number of carbonyl (C=O) groups is 2. The Labute approximate surface area is 172 Å². The number of nitrogens with zero attached hydrogens (tertiary/aromatic N) is 1. The summed E-state index contributed by atoms with van der Waals surface area (Å²) in [6, 6.07) is 19.1. The lowest BCUT2D eigenvalue weighted by atomic mass is 9.87. The van der Waals surface area contributed by atoms with Gasteiger partial charge in [-0.1, -0.05) is 81.4 Å². The van der Waals surface area contributed by atoms with Gasteiger partial charge in [0.05, 0.1) is 6.54 Å². The molecule has 1 heterocycles. The van der Waals surface area contributed by atoms with Gasteiger partial charge in [0, 0.05) is 17.7 Å². The Kier molecular flexibility index (Phi) is 6.06. The number of allylic oxidation sites excluding steroid dienone is 1. The SMILES string of the molecule is CC1NC(C(C)(C)C)=C(C(=O)NCc2ccccc2)N(Cc2ccccc2)C1=O. The summed E-state index contributed by atoms with van der Waals surface area (Å²) in [5.41, 5.74) is 2.86. The molecule has 152 valence electrons. The molecule has 2 amide bonds. The van der Waals surface area contributed by atoms with Crippen LogP contribution in [0.5, 0.6) is 0 Å². The predicted molar refractivity (Wildman–Crippen MR) is 114 cm³/mol. The Morgan fingerprint density at radius 3 is 2.10 bits per heavy atom. The highest BCUT2D eigenvalue weighted by Gasteiger charge is 2.39. The van der Waals surface area contributed by atoms with Gasteiger partial charge in [-0.25, -0.2) is 0 Å². The lowest BCUT2D eigenvalue weighted by Gasteiger charge is -2.40. The van der Waals surface area contributed by atoms with Crippen LogP contribution < -0.4 is 10.6 Å². The van der Waals surface area contributed by atoms with Crippen LogP contribution in [0.1, 0.15) is 38.8 Å². The van der Waals surface area contributed by atoms with E-state index in [0.717, 1.165) is 16.8 Å². The highest BCUT2D eigenvalue weighted by atomic mass is 16.2. The second-order valence-corrected chi connectivity index (χ2v) is 8.42. The second kappa shape index (κ2) is 8.52. The van der Waals surface area contributed by atoms with E-state index in [2.05, 4.69) is 10.6 Å². The van der Waals surface area contributed by atoms with Gasteiger partial charge in [-0.15, -0.1) is 0 Å². The molecule has 2 aromatic rings. The number of benzene rings is 2. The zero-order valence-electron chi connectivity index (χ0n) is 17.5. The van der Waals surface area contributed by atoms with Gasteiger partial charge >= 0.3 is 0 Å². The standard InChI is InChI=1S/C24H29N3O2/c1-17-23(29)27(16-19-13-9-6-10-14-19)20(21(26-17)24(2,3)4)22(28)25-15-18-11-7-5-8-12-18/h5-14,17,26H,15-16H2,1-4H3,(H,25,28). The van der Waals surface area contributed by atoms with Crippen molar-refractivity contribution in [3.05, 3.63) is 83.2 Å². The molecule has 1 atom stereocenters.